The van der Waals surface area contributed by atoms with Gasteiger partial charge in [0.25, 0.3) is 0 Å². The third kappa shape index (κ3) is 2.84. The Labute approximate surface area is 120 Å². The monoisotopic (exact) mass is 270 g/mol. The van der Waals surface area contributed by atoms with E-state index in [1.807, 2.05) is 0 Å². The molecule has 0 unspecified atom stereocenters. The molecule has 0 atom stereocenters. The van der Waals surface area contributed by atoms with Gasteiger partial charge in [-0.3, -0.25) is 4.79 Å². The molecule has 0 fully saturated rings. The number of carbonyl (C=O) groups is 1. The van der Waals surface area contributed by atoms with E-state index in [1.165, 1.54) is 27.8 Å². The fraction of sp³-hybridized carbons (Fsp3) is 0.389. The van der Waals surface area contributed by atoms with Gasteiger partial charge in [0.15, 0.2) is 0 Å². The third-order valence-corrected chi connectivity index (χ3v) is 3.91. The summed E-state index contributed by atoms with van der Waals surface area (Å²) >= 11 is 0. The molecule has 0 aromatic rings. The van der Waals surface area contributed by atoms with Crippen LogP contribution in [0.5, 0.6) is 0 Å². The summed E-state index contributed by atoms with van der Waals surface area (Å²) in [4.78, 5) is 10.8. The van der Waals surface area contributed by atoms with Crippen molar-refractivity contribution in [2.45, 2.75) is 46.5 Å². The van der Waals surface area contributed by atoms with Crippen molar-refractivity contribution in [3.8, 4) is 11.1 Å². The Kier molecular flexibility index (Phi) is 4.12. The van der Waals surface area contributed by atoms with Crippen LogP contribution in [0.3, 0.4) is 0 Å². The van der Waals surface area contributed by atoms with Crippen molar-refractivity contribution in [3.63, 3.8) is 0 Å². The van der Waals surface area contributed by atoms with Crippen molar-refractivity contribution in [1.29, 1.82) is 0 Å². The number of hydrogen-bond acceptors (Lipinski definition) is 1. The third-order valence-electron chi connectivity index (χ3n) is 3.91. The zero-order valence-corrected chi connectivity index (χ0v) is 12.7. The molecule has 0 saturated heterocycles. The molecule has 0 aromatic carbocycles. The van der Waals surface area contributed by atoms with Crippen LogP contribution in [0.4, 0.5) is 0 Å². The standard InChI is InChI=1S/C18H22O2/c1-11(2)14-6-5-12(3)18-15(7-8-17(19)20)9-13(4)16(18)10-14/h5-6,9-11H,7-8H2,1-4H3,(H,19,20). The molecule has 0 spiro atoms. The zero-order valence-electron chi connectivity index (χ0n) is 12.7. The second kappa shape index (κ2) is 5.66. The first-order valence-corrected chi connectivity index (χ1v) is 7.14. The molecule has 0 radical (unpaired) electrons. The Morgan fingerprint density at radius 1 is 1.15 bits per heavy atom. The first kappa shape index (κ1) is 14.6. The topological polar surface area (TPSA) is 37.3 Å². The minimum absolute atomic E-state index is 0.188. The van der Waals surface area contributed by atoms with E-state index in [0.29, 0.717) is 12.3 Å². The molecule has 0 amide bonds. The lowest BCUT2D eigenvalue weighted by Gasteiger charge is -2.05. The molecule has 0 bridgehead atoms. The van der Waals surface area contributed by atoms with Gasteiger partial charge in [-0.25, -0.2) is 0 Å². The Bertz CT molecular complexity index is 611. The Morgan fingerprint density at radius 3 is 2.45 bits per heavy atom. The second-order valence-electron chi connectivity index (χ2n) is 5.85. The maximum Gasteiger partial charge on any atom is 0.303 e. The van der Waals surface area contributed by atoms with Crippen molar-refractivity contribution >= 4 is 5.97 Å². The van der Waals surface area contributed by atoms with Gasteiger partial charge in [0, 0.05) is 6.42 Å². The normalized spacial score (nSPS) is 11.2. The van der Waals surface area contributed by atoms with Crippen molar-refractivity contribution in [2.75, 3.05) is 0 Å². The van der Waals surface area contributed by atoms with Gasteiger partial charge in [-0.1, -0.05) is 38.1 Å². The molecule has 0 saturated carbocycles. The lowest BCUT2D eigenvalue weighted by Crippen LogP contribution is -1.97. The lowest BCUT2D eigenvalue weighted by atomic mass is 9.99. The molecule has 0 aliphatic heterocycles. The quantitative estimate of drug-likeness (QED) is 0.885. The number of hydrogen-bond donors (Lipinski definition) is 1. The van der Waals surface area contributed by atoms with E-state index in [9.17, 15) is 4.79 Å². The minimum Gasteiger partial charge on any atom is -0.481 e. The van der Waals surface area contributed by atoms with Crippen LogP contribution in [-0.2, 0) is 11.2 Å². The molecule has 1 N–H and O–H groups in total. The maximum absolute atomic E-state index is 10.8. The van der Waals surface area contributed by atoms with Gasteiger partial charge in [0.2, 0.25) is 0 Å². The van der Waals surface area contributed by atoms with Crippen LogP contribution >= 0.6 is 0 Å². The highest BCUT2D eigenvalue weighted by Crippen LogP contribution is 2.36. The molecule has 2 aliphatic carbocycles. The number of aryl methyl sites for hydroxylation is 3. The van der Waals surface area contributed by atoms with Crippen LogP contribution in [0.15, 0.2) is 24.3 Å². The maximum atomic E-state index is 10.8. The van der Waals surface area contributed by atoms with Crippen LogP contribution in [0, 0.1) is 13.8 Å². The summed E-state index contributed by atoms with van der Waals surface area (Å²) in [6, 6.07) is 8.74. The Balaban J connectivity index is 2.54. The summed E-state index contributed by atoms with van der Waals surface area (Å²) in [7, 11) is 0. The summed E-state index contributed by atoms with van der Waals surface area (Å²) in [6.07, 6.45) is 0.787. The average Bonchev–Trinajstić information content (AvgIpc) is 2.55. The van der Waals surface area contributed by atoms with Crippen LogP contribution in [-0.4, -0.2) is 11.1 Å². The highest BCUT2D eigenvalue weighted by Gasteiger charge is 2.16. The second-order valence-corrected chi connectivity index (χ2v) is 5.85. The molecule has 20 heavy (non-hydrogen) atoms. The summed E-state index contributed by atoms with van der Waals surface area (Å²) in [6.45, 7) is 8.60. The van der Waals surface area contributed by atoms with Crippen molar-refractivity contribution in [2.24, 2.45) is 0 Å². The molecule has 2 nitrogen and oxygen atoms in total. The predicted octanol–water partition coefficient (Wildman–Crippen LogP) is 4.55. The van der Waals surface area contributed by atoms with Gasteiger partial charge >= 0.3 is 5.97 Å². The van der Waals surface area contributed by atoms with Crippen LogP contribution in [0.25, 0.3) is 11.1 Å². The van der Waals surface area contributed by atoms with Crippen molar-refractivity contribution in [3.05, 3.63) is 46.5 Å². The Hall–Kier alpha value is -1.83. The van der Waals surface area contributed by atoms with E-state index in [-0.39, 0.29) is 6.42 Å². The van der Waals surface area contributed by atoms with Gasteiger partial charge in [-0.2, -0.15) is 0 Å². The van der Waals surface area contributed by atoms with Crippen LogP contribution in [0.1, 0.15) is 48.4 Å². The highest BCUT2D eigenvalue weighted by molar-refractivity contribution is 5.78. The van der Waals surface area contributed by atoms with Gasteiger partial charge < -0.3 is 5.11 Å². The first-order valence-electron chi connectivity index (χ1n) is 7.14. The van der Waals surface area contributed by atoms with Crippen LogP contribution < -0.4 is 0 Å². The zero-order chi connectivity index (χ0) is 14.9. The number of rotatable bonds is 4. The number of carboxylic acid groups (broad SMARTS) is 1. The molecular weight excluding hydrogens is 248 g/mol. The predicted molar refractivity (Wildman–Crippen MR) is 82.6 cm³/mol. The lowest BCUT2D eigenvalue weighted by molar-refractivity contribution is -0.136. The molecule has 0 aromatic heterocycles. The fourth-order valence-electron chi connectivity index (χ4n) is 2.75. The number of fused-ring (bicyclic) bond motifs is 1. The Morgan fingerprint density at radius 2 is 1.85 bits per heavy atom. The smallest absolute Gasteiger partial charge is 0.303 e. The van der Waals surface area contributed by atoms with Crippen molar-refractivity contribution in [1.82, 2.24) is 0 Å². The summed E-state index contributed by atoms with van der Waals surface area (Å²) < 4.78 is 0. The average molecular weight is 270 g/mol. The van der Waals surface area contributed by atoms with Gasteiger partial charge in [0.1, 0.15) is 0 Å². The fourth-order valence-corrected chi connectivity index (χ4v) is 2.75. The molecular formula is C18H22O2. The van der Waals surface area contributed by atoms with E-state index in [2.05, 4.69) is 52.0 Å². The van der Waals surface area contributed by atoms with Gasteiger partial charge in [-0.05, 0) is 59.6 Å². The van der Waals surface area contributed by atoms with E-state index in [0.717, 1.165) is 5.56 Å². The van der Waals surface area contributed by atoms with E-state index in [1.54, 1.807) is 0 Å². The largest absolute Gasteiger partial charge is 0.481 e. The molecule has 2 rings (SSSR count). The molecule has 0 heterocycles. The van der Waals surface area contributed by atoms with Gasteiger partial charge in [-0.15, -0.1) is 0 Å². The van der Waals surface area contributed by atoms with Crippen molar-refractivity contribution < 1.29 is 9.90 Å². The highest BCUT2D eigenvalue weighted by atomic mass is 16.4. The molecule has 2 aliphatic rings. The van der Waals surface area contributed by atoms with E-state index in [4.69, 9.17) is 5.11 Å². The van der Waals surface area contributed by atoms with E-state index >= 15 is 0 Å². The summed E-state index contributed by atoms with van der Waals surface area (Å²) in [5, 5.41) is 8.89. The number of aliphatic carboxylic acids is 1. The summed E-state index contributed by atoms with van der Waals surface area (Å²) in [5.41, 5.74) is 7.43. The van der Waals surface area contributed by atoms with Crippen LogP contribution in [0.2, 0.25) is 0 Å². The van der Waals surface area contributed by atoms with E-state index < -0.39 is 5.97 Å². The molecule has 106 valence electrons. The SMILES string of the molecule is Cc1cc(CCC(=O)O)c2c(C)ccc(C(C)C)cc1-2. The number of carboxylic acids is 1. The van der Waals surface area contributed by atoms with Gasteiger partial charge in [0.05, 0.1) is 0 Å². The first-order chi connectivity index (χ1) is 9.40. The summed E-state index contributed by atoms with van der Waals surface area (Å²) in [5.74, 6) is -0.250. The minimum atomic E-state index is -0.738. The molecule has 2 heteroatoms.